The van der Waals surface area contributed by atoms with Gasteiger partial charge in [-0.25, -0.2) is 0 Å². The van der Waals surface area contributed by atoms with Crippen molar-refractivity contribution in [3.63, 3.8) is 0 Å². The van der Waals surface area contributed by atoms with E-state index in [9.17, 15) is 0 Å². The van der Waals surface area contributed by atoms with E-state index in [4.69, 9.17) is 11.6 Å². The maximum atomic E-state index is 5.33. The van der Waals surface area contributed by atoms with E-state index < -0.39 is 0 Å². The molecule has 0 amide bonds. The van der Waals surface area contributed by atoms with Gasteiger partial charge in [0, 0.05) is 16.9 Å². The predicted octanol–water partition coefficient (Wildman–Crippen LogP) is 15.9. The van der Waals surface area contributed by atoms with Crippen LogP contribution in [-0.4, -0.2) is 4.98 Å². The summed E-state index contributed by atoms with van der Waals surface area (Å²) in [7, 11) is 0. The van der Waals surface area contributed by atoms with Gasteiger partial charge < -0.3 is 4.90 Å². The number of rotatable bonds is 8. The number of benzene rings is 6. The number of aromatic nitrogens is 1. The lowest BCUT2D eigenvalue weighted by Crippen LogP contribution is -2.11. The van der Waals surface area contributed by atoms with Crippen LogP contribution in [0.5, 0.6) is 0 Å². The molecule has 1 aromatic heterocycles. The average Bonchev–Trinajstić information content (AvgIpc) is 3.30. The van der Waals surface area contributed by atoms with Gasteiger partial charge in [-0.3, -0.25) is 4.98 Å². The van der Waals surface area contributed by atoms with Gasteiger partial charge in [-0.1, -0.05) is 153 Å². The summed E-state index contributed by atoms with van der Waals surface area (Å²) in [5.41, 5.74) is 19.9. The lowest BCUT2D eigenvalue weighted by Gasteiger charge is -2.29. The predicted molar refractivity (Wildman–Crippen MR) is 246 cm³/mol. The number of anilines is 3. The van der Waals surface area contributed by atoms with Crippen molar-refractivity contribution in [2.24, 2.45) is 0 Å². The zero-order valence-corrected chi connectivity index (χ0v) is 33.3. The normalized spacial score (nSPS) is 16.1. The second kappa shape index (κ2) is 17.3. The van der Waals surface area contributed by atoms with E-state index in [-0.39, 0.29) is 0 Å². The van der Waals surface area contributed by atoms with Crippen molar-refractivity contribution in [1.82, 2.24) is 4.98 Å². The van der Waals surface area contributed by atoms with Gasteiger partial charge >= 0.3 is 0 Å². The fraction of sp³-hybridized carbons (Fsp3) is 0.161. The van der Waals surface area contributed by atoms with Crippen LogP contribution < -0.4 is 4.90 Å². The van der Waals surface area contributed by atoms with Crippen LogP contribution in [-0.2, 0) is 0 Å². The van der Waals surface area contributed by atoms with E-state index in [1.165, 1.54) is 92.5 Å². The summed E-state index contributed by atoms with van der Waals surface area (Å²) in [5, 5.41) is 0. The number of allylic oxidation sites excluding steroid dienone is 5. The Morgan fingerprint density at radius 2 is 0.741 bits per heavy atom. The molecule has 2 aliphatic rings. The van der Waals surface area contributed by atoms with Crippen molar-refractivity contribution in [3.05, 3.63) is 217 Å². The first-order chi connectivity index (χ1) is 28.7. The molecule has 0 bridgehead atoms. The standard InChI is InChI=1S/C56H50N2/c1-41-16-6-2-13-23-52(48-28-26-45(27-29-48)42-17-7-3-8-18-42)53-24-14-15-25-54(53)56(41)55-39-38-51(40-57-55)58(49-34-30-46(31-35-49)43-19-9-4-10-20-43)50-36-32-47(33-37-50)44-21-11-5-12-22-44/h3-5,7-12,17-22,26-40H,1-2,6,13-16,23-25H2/b53-52+,56-54?. The van der Waals surface area contributed by atoms with Gasteiger partial charge in [-0.15, -0.1) is 0 Å². The summed E-state index contributed by atoms with van der Waals surface area (Å²) in [4.78, 5) is 7.66. The van der Waals surface area contributed by atoms with Crippen molar-refractivity contribution in [2.45, 2.75) is 57.8 Å². The zero-order chi connectivity index (χ0) is 39.1. The highest BCUT2D eigenvalue weighted by atomic mass is 15.1. The SMILES string of the molecule is C=C1CCCCC/C(c2ccc(-c3ccccc3)cc2)=C2/CCCCC2=C1c1ccc(N(c2ccc(-c3ccccc3)cc2)c2ccc(-c3ccccc3)cc2)cn1. The summed E-state index contributed by atoms with van der Waals surface area (Å²) in [6.07, 6.45) is 12.3. The van der Waals surface area contributed by atoms with Crippen LogP contribution in [0, 0.1) is 0 Å². The second-order valence-corrected chi connectivity index (χ2v) is 15.7. The summed E-state index contributed by atoms with van der Waals surface area (Å²) < 4.78 is 0. The molecule has 0 saturated heterocycles. The first kappa shape index (κ1) is 37.1. The maximum absolute atomic E-state index is 5.33. The molecule has 9 rings (SSSR count). The molecule has 6 aromatic carbocycles. The molecule has 1 heterocycles. The molecule has 1 fully saturated rings. The molecule has 0 spiro atoms. The largest absolute Gasteiger partial charge is 0.309 e. The molecule has 2 nitrogen and oxygen atoms in total. The van der Waals surface area contributed by atoms with Crippen LogP contribution in [0.4, 0.5) is 17.1 Å². The highest BCUT2D eigenvalue weighted by Gasteiger charge is 2.25. The monoisotopic (exact) mass is 750 g/mol. The summed E-state index contributed by atoms with van der Waals surface area (Å²) in [6, 6.07) is 63.5. The van der Waals surface area contributed by atoms with Crippen molar-refractivity contribution in [2.75, 3.05) is 4.90 Å². The summed E-state index contributed by atoms with van der Waals surface area (Å²) in [5.74, 6) is 0. The molecule has 0 unspecified atom stereocenters. The molecule has 2 heteroatoms. The number of nitrogens with zero attached hydrogens (tertiary/aromatic N) is 2. The number of pyridine rings is 1. The van der Waals surface area contributed by atoms with Gasteiger partial charge in [0.05, 0.1) is 17.6 Å². The fourth-order valence-corrected chi connectivity index (χ4v) is 8.95. The minimum atomic E-state index is 1.00. The molecule has 284 valence electrons. The lowest BCUT2D eigenvalue weighted by molar-refractivity contribution is 0.661. The Balaban J connectivity index is 1.11. The average molecular weight is 751 g/mol. The van der Waals surface area contributed by atoms with Crippen molar-refractivity contribution < 1.29 is 0 Å². The molecule has 2 aliphatic carbocycles. The number of hydrogen-bond donors (Lipinski definition) is 0. The second-order valence-electron chi connectivity index (χ2n) is 15.7. The van der Waals surface area contributed by atoms with Crippen molar-refractivity contribution >= 4 is 28.2 Å². The Kier molecular flexibility index (Phi) is 11.1. The summed E-state index contributed by atoms with van der Waals surface area (Å²) in [6.45, 7) is 4.77. The van der Waals surface area contributed by atoms with Crippen molar-refractivity contribution in [3.8, 4) is 33.4 Å². The molecule has 0 atom stereocenters. The molecule has 58 heavy (non-hydrogen) atoms. The van der Waals surface area contributed by atoms with Crippen LogP contribution in [0.1, 0.15) is 69.0 Å². The van der Waals surface area contributed by atoms with Crippen LogP contribution >= 0.6 is 0 Å². The molecular weight excluding hydrogens is 701 g/mol. The van der Waals surface area contributed by atoms with E-state index in [0.29, 0.717) is 0 Å². The van der Waals surface area contributed by atoms with E-state index in [1.54, 1.807) is 0 Å². The topological polar surface area (TPSA) is 16.1 Å². The van der Waals surface area contributed by atoms with Crippen LogP contribution in [0.25, 0.3) is 44.5 Å². The zero-order valence-electron chi connectivity index (χ0n) is 33.3. The lowest BCUT2D eigenvalue weighted by atomic mass is 9.77. The molecule has 7 aromatic rings. The first-order valence-electron chi connectivity index (χ1n) is 21.1. The summed E-state index contributed by atoms with van der Waals surface area (Å²) >= 11 is 0. The molecular formula is C56H50N2. The third kappa shape index (κ3) is 8.02. The highest BCUT2D eigenvalue weighted by molar-refractivity contribution is 5.87. The van der Waals surface area contributed by atoms with E-state index >= 15 is 0 Å². The van der Waals surface area contributed by atoms with Crippen LogP contribution in [0.15, 0.2) is 205 Å². The molecule has 0 N–H and O–H groups in total. The molecule has 1 saturated carbocycles. The third-order valence-electron chi connectivity index (χ3n) is 12.0. The Labute approximate surface area is 344 Å². The minimum Gasteiger partial charge on any atom is -0.309 e. The van der Waals surface area contributed by atoms with E-state index in [0.717, 1.165) is 54.9 Å². The number of hydrogen-bond acceptors (Lipinski definition) is 2. The Morgan fingerprint density at radius 3 is 1.24 bits per heavy atom. The minimum absolute atomic E-state index is 1.00. The Morgan fingerprint density at radius 1 is 0.345 bits per heavy atom. The van der Waals surface area contributed by atoms with E-state index in [2.05, 4.69) is 187 Å². The Bertz CT molecular complexity index is 2450. The quantitative estimate of drug-likeness (QED) is 0.154. The van der Waals surface area contributed by atoms with Gasteiger partial charge in [-0.2, -0.15) is 0 Å². The van der Waals surface area contributed by atoms with Gasteiger partial charge in [0.15, 0.2) is 0 Å². The third-order valence-corrected chi connectivity index (χ3v) is 12.0. The van der Waals surface area contributed by atoms with Gasteiger partial charge in [-0.05, 0) is 149 Å². The smallest absolute Gasteiger partial charge is 0.0709 e. The first-order valence-corrected chi connectivity index (χ1v) is 21.1. The van der Waals surface area contributed by atoms with Gasteiger partial charge in [0.25, 0.3) is 0 Å². The van der Waals surface area contributed by atoms with Gasteiger partial charge in [0.2, 0.25) is 0 Å². The van der Waals surface area contributed by atoms with Crippen LogP contribution in [0.2, 0.25) is 0 Å². The van der Waals surface area contributed by atoms with E-state index in [1.807, 2.05) is 0 Å². The van der Waals surface area contributed by atoms with Gasteiger partial charge in [0.1, 0.15) is 0 Å². The Hall–Kier alpha value is -6.51. The molecule has 0 radical (unpaired) electrons. The van der Waals surface area contributed by atoms with Crippen molar-refractivity contribution in [1.29, 1.82) is 0 Å². The van der Waals surface area contributed by atoms with Crippen LogP contribution in [0.3, 0.4) is 0 Å². The number of fused-ring (bicyclic) bond motifs is 1. The highest BCUT2D eigenvalue weighted by Crippen LogP contribution is 2.45. The maximum Gasteiger partial charge on any atom is 0.0709 e. The fourth-order valence-electron chi connectivity index (χ4n) is 8.95. The molecule has 0 aliphatic heterocycles.